The van der Waals surface area contributed by atoms with Crippen molar-refractivity contribution in [3.8, 4) is 0 Å². The molecule has 0 saturated carbocycles. The molecule has 5 heteroatoms. The molecule has 0 fully saturated rings. The Morgan fingerprint density at radius 3 is 2.71 bits per heavy atom. The molecule has 0 aliphatic heterocycles. The van der Waals surface area contributed by atoms with Crippen molar-refractivity contribution in [1.29, 1.82) is 0 Å². The topological polar surface area (TPSA) is 70.1 Å². The van der Waals surface area contributed by atoms with Crippen LogP contribution in [0.2, 0.25) is 0 Å². The van der Waals surface area contributed by atoms with Gasteiger partial charge in [-0.25, -0.2) is 9.78 Å². The van der Waals surface area contributed by atoms with E-state index in [0.29, 0.717) is 12.4 Å². The van der Waals surface area contributed by atoms with E-state index < -0.39 is 5.97 Å². The molecular weight excluding hydrogens is 266 g/mol. The lowest BCUT2D eigenvalue weighted by atomic mass is 10.1. The average Bonchev–Trinajstić information content (AvgIpc) is 2.82. The molecule has 1 aromatic carbocycles. The number of methoxy groups -OCH3 is 1. The Hall–Kier alpha value is -2.30. The lowest BCUT2D eigenvalue weighted by Gasteiger charge is -2.10. The van der Waals surface area contributed by atoms with Crippen molar-refractivity contribution in [1.82, 2.24) is 9.55 Å². The van der Waals surface area contributed by atoms with Gasteiger partial charge in [-0.2, -0.15) is 0 Å². The second kappa shape index (κ2) is 6.43. The van der Waals surface area contributed by atoms with Gasteiger partial charge in [-0.1, -0.05) is 31.2 Å². The number of rotatable bonds is 5. The summed E-state index contributed by atoms with van der Waals surface area (Å²) in [5.41, 5.74) is 8.79. The summed E-state index contributed by atoms with van der Waals surface area (Å²) >= 11 is 0. The number of aromatic nitrogens is 2. The molecule has 0 unspecified atom stereocenters. The highest BCUT2D eigenvalue weighted by Gasteiger charge is 2.20. The maximum absolute atomic E-state index is 11.7. The summed E-state index contributed by atoms with van der Waals surface area (Å²) in [4.78, 5) is 16.0. The largest absolute Gasteiger partial charge is 0.464 e. The van der Waals surface area contributed by atoms with E-state index in [9.17, 15) is 4.79 Å². The van der Waals surface area contributed by atoms with Crippen molar-refractivity contribution in [2.45, 2.75) is 33.2 Å². The number of esters is 1. The quantitative estimate of drug-likeness (QED) is 0.857. The summed E-state index contributed by atoms with van der Waals surface area (Å²) in [5, 5.41) is 0. The van der Waals surface area contributed by atoms with Crippen LogP contribution in [-0.2, 0) is 24.1 Å². The van der Waals surface area contributed by atoms with Gasteiger partial charge in [-0.05, 0) is 24.5 Å². The molecule has 112 valence electrons. The summed E-state index contributed by atoms with van der Waals surface area (Å²) in [7, 11) is 1.33. The van der Waals surface area contributed by atoms with Crippen molar-refractivity contribution in [3.63, 3.8) is 0 Å². The third-order valence-corrected chi connectivity index (χ3v) is 3.65. The second-order valence-electron chi connectivity index (χ2n) is 4.94. The van der Waals surface area contributed by atoms with Crippen molar-refractivity contribution in [2.24, 2.45) is 0 Å². The van der Waals surface area contributed by atoms with Crippen LogP contribution in [0.3, 0.4) is 0 Å². The number of nitrogens with zero attached hydrogens (tertiary/aromatic N) is 2. The lowest BCUT2D eigenvalue weighted by molar-refractivity contribution is 0.0595. The van der Waals surface area contributed by atoms with Crippen molar-refractivity contribution >= 4 is 11.8 Å². The first-order valence-corrected chi connectivity index (χ1v) is 7.06. The molecule has 1 aromatic heterocycles. The van der Waals surface area contributed by atoms with Crippen LogP contribution >= 0.6 is 0 Å². The fourth-order valence-corrected chi connectivity index (χ4v) is 2.40. The van der Waals surface area contributed by atoms with Crippen LogP contribution in [0.25, 0.3) is 0 Å². The van der Waals surface area contributed by atoms with Crippen LogP contribution in [0, 0.1) is 6.92 Å². The highest BCUT2D eigenvalue weighted by molar-refractivity contribution is 5.92. The van der Waals surface area contributed by atoms with E-state index in [2.05, 4.69) is 24.0 Å². The number of aryl methyl sites for hydroxylation is 3. The highest BCUT2D eigenvalue weighted by Crippen LogP contribution is 2.18. The summed E-state index contributed by atoms with van der Waals surface area (Å²) in [6.45, 7) is 4.78. The van der Waals surface area contributed by atoms with Gasteiger partial charge in [0, 0.05) is 13.0 Å². The van der Waals surface area contributed by atoms with Crippen LogP contribution in [0.5, 0.6) is 0 Å². The number of nitrogen functional groups attached to an aromatic ring is 1. The molecule has 0 atom stereocenters. The van der Waals surface area contributed by atoms with E-state index in [-0.39, 0.29) is 5.69 Å². The Bertz CT molecular complexity index is 647. The maximum atomic E-state index is 11.7. The number of nitrogens with two attached hydrogens (primary N) is 1. The summed E-state index contributed by atoms with van der Waals surface area (Å²) < 4.78 is 6.62. The minimum absolute atomic E-state index is 0.208. The van der Waals surface area contributed by atoms with Gasteiger partial charge in [0.25, 0.3) is 0 Å². The van der Waals surface area contributed by atoms with Gasteiger partial charge in [0.1, 0.15) is 11.6 Å². The minimum Gasteiger partial charge on any atom is -0.464 e. The summed E-state index contributed by atoms with van der Waals surface area (Å²) in [5.74, 6) is 0.700. The number of hydrogen-bond donors (Lipinski definition) is 1. The molecule has 2 aromatic rings. The molecule has 21 heavy (non-hydrogen) atoms. The number of ether oxygens (including phenoxy) is 1. The molecule has 0 bridgehead atoms. The van der Waals surface area contributed by atoms with E-state index in [0.717, 1.165) is 18.7 Å². The Morgan fingerprint density at radius 2 is 2.10 bits per heavy atom. The van der Waals surface area contributed by atoms with E-state index in [1.54, 1.807) is 0 Å². The first-order chi connectivity index (χ1) is 10.1. The lowest BCUT2D eigenvalue weighted by Crippen LogP contribution is -2.11. The first kappa shape index (κ1) is 15.1. The Kier molecular flexibility index (Phi) is 4.62. The molecule has 0 spiro atoms. The van der Waals surface area contributed by atoms with E-state index in [1.165, 1.54) is 18.2 Å². The van der Waals surface area contributed by atoms with Crippen molar-refractivity contribution in [2.75, 3.05) is 12.8 Å². The normalized spacial score (nSPS) is 10.6. The fraction of sp³-hybridized carbons (Fsp3) is 0.375. The van der Waals surface area contributed by atoms with Gasteiger partial charge in [0.15, 0.2) is 5.69 Å². The van der Waals surface area contributed by atoms with Gasteiger partial charge >= 0.3 is 5.97 Å². The van der Waals surface area contributed by atoms with Crippen LogP contribution in [0.15, 0.2) is 24.3 Å². The molecule has 0 radical (unpaired) electrons. The predicted octanol–water partition coefficient (Wildman–Crippen LogP) is 2.37. The number of anilines is 1. The van der Waals surface area contributed by atoms with Gasteiger partial charge in [-0.3, -0.25) is 0 Å². The van der Waals surface area contributed by atoms with Crippen LogP contribution in [0.4, 0.5) is 5.82 Å². The molecule has 0 saturated heterocycles. The van der Waals surface area contributed by atoms with Crippen LogP contribution in [0.1, 0.15) is 34.4 Å². The zero-order valence-electron chi connectivity index (χ0n) is 12.7. The number of hydrogen-bond acceptors (Lipinski definition) is 4. The van der Waals surface area contributed by atoms with Gasteiger partial charge < -0.3 is 15.0 Å². The number of carbonyl (C=O) groups excluding carboxylic acids is 1. The number of benzene rings is 1. The van der Waals surface area contributed by atoms with Crippen molar-refractivity contribution in [3.05, 3.63) is 46.9 Å². The fourth-order valence-electron chi connectivity index (χ4n) is 2.40. The second-order valence-corrected chi connectivity index (χ2v) is 4.94. The maximum Gasteiger partial charge on any atom is 0.360 e. The molecule has 5 nitrogen and oxygen atoms in total. The summed E-state index contributed by atoms with van der Waals surface area (Å²) in [6.07, 6.45) is 1.57. The van der Waals surface area contributed by atoms with Crippen LogP contribution in [-0.4, -0.2) is 22.6 Å². The predicted molar refractivity (Wildman–Crippen MR) is 82.2 cm³/mol. The Balaban J connectivity index is 2.25. The van der Waals surface area contributed by atoms with Crippen molar-refractivity contribution < 1.29 is 9.53 Å². The average molecular weight is 287 g/mol. The molecular formula is C16H21N3O2. The van der Waals surface area contributed by atoms with Gasteiger partial charge in [-0.15, -0.1) is 0 Å². The van der Waals surface area contributed by atoms with Gasteiger partial charge in [0.2, 0.25) is 0 Å². The van der Waals surface area contributed by atoms with E-state index in [1.807, 2.05) is 23.6 Å². The molecule has 0 aliphatic carbocycles. The number of imidazole rings is 1. The Morgan fingerprint density at radius 1 is 1.38 bits per heavy atom. The molecule has 1 heterocycles. The summed E-state index contributed by atoms with van der Waals surface area (Å²) in [6, 6.07) is 8.25. The SMILES string of the molecule is CCc1nc(C(=O)OC)c(N)n1CCc1ccccc1C. The zero-order chi connectivity index (χ0) is 15.4. The van der Waals surface area contributed by atoms with E-state index >= 15 is 0 Å². The third-order valence-electron chi connectivity index (χ3n) is 3.65. The monoisotopic (exact) mass is 287 g/mol. The smallest absolute Gasteiger partial charge is 0.360 e. The standard InChI is InChI=1S/C16H21N3O2/c1-4-13-18-14(16(20)21-3)15(17)19(13)10-9-12-8-6-5-7-11(12)2/h5-8H,4,9-10,17H2,1-3H3. The minimum atomic E-state index is -0.489. The van der Waals surface area contributed by atoms with Gasteiger partial charge in [0.05, 0.1) is 7.11 Å². The molecule has 0 aliphatic rings. The molecule has 0 amide bonds. The molecule has 2 rings (SSSR count). The zero-order valence-corrected chi connectivity index (χ0v) is 12.7. The first-order valence-electron chi connectivity index (χ1n) is 7.06. The highest BCUT2D eigenvalue weighted by atomic mass is 16.5. The van der Waals surface area contributed by atoms with Crippen LogP contribution < -0.4 is 5.73 Å². The third kappa shape index (κ3) is 3.07. The Labute approximate surface area is 124 Å². The number of carbonyl (C=O) groups is 1. The molecule has 2 N–H and O–H groups in total. The van der Waals surface area contributed by atoms with E-state index in [4.69, 9.17) is 10.5 Å².